The molecule has 0 saturated carbocycles. The summed E-state index contributed by atoms with van der Waals surface area (Å²) in [4.78, 5) is 18.7. The van der Waals surface area contributed by atoms with Gasteiger partial charge in [0.15, 0.2) is 0 Å². The van der Waals surface area contributed by atoms with Gasteiger partial charge >= 0.3 is 0 Å². The monoisotopic (exact) mass is 349 g/mol. The quantitative estimate of drug-likeness (QED) is 0.527. The van der Waals surface area contributed by atoms with Crippen molar-refractivity contribution >= 4 is 5.91 Å². The summed E-state index contributed by atoms with van der Waals surface area (Å²) in [6.45, 7) is 0.693. The van der Waals surface area contributed by atoms with Crippen molar-refractivity contribution in [2.45, 2.75) is 13.1 Å². The van der Waals surface area contributed by atoms with Gasteiger partial charge in [0.05, 0.1) is 25.6 Å². The van der Waals surface area contributed by atoms with Gasteiger partial charge in [0.2, 0.25) is 12.2 Å². The zero-order valence-corrected chi connectivity index (χ0v) is 13.7. The van der Waals surface area contributed by atoms with Crippen LogP contribution in [0.5, 0.6) is 0 Å². The number of carbonyl (C=O) groups is 1. The van der Waals surface area contributed by atoms with Crippen LogP contribution in [0, 0.1) is 0 Å². The Kier molecular flexibility index (Phi) is 4.34. The van der Waals surface area contributed by atoms with E-state index in [2.05, 4.69) is 10.1 Å². The zero-order valence-electron chi connectivity index (χ0n) is 13.7. The zero-order chi connectivity index (χ0) is 17.8. The van der Waals surface area contributed by atoms with E-state index in [1.807, 2.05) is 12.1 Å². The summed E-state index contributed by atoms with van der Waals surface area (Å²) in [5, 5.41) is 3.79. The van der Waals surface area contributed by atoms with Gasteiger partial charge in [-0.15, -0.1) is 0 Å². The predicted molar refractivity (Wildman–Crippen MR) is 90.7 cm³/mol. The number of carbonyl (C=O) groups excluding carboxylic acids is 1. The van der Waals surface area contributed by atoms with Gasteiger partial charge in [-0.05, 0) is 36.4 Å². The second-order valence-corrected chi connectivity index (χ2v) is 5.65. The van der Waals surface area contributed by atoms with Gasteiger partial charge in [-0.25, -0.2) is 0 Å². The first kappa shape index (κ1) is 15.9. The van der Waals surface area contributed by atoms with Crippen molar-refractivity contribution in [2.75, 3.05) is 0 Å². The lowest BCUT2D eigenvalue weighted by Crippen LogP contribution is -2.29. The highest BCUT2D eigenvalue weighted by Gasteiger charge is 2.19. The Morgan fingerprint density at radius 1 is 0.923 bits per heavy atom. The number of hydrogen-bond donors (Lipinski definition) is 0. The Bertz CT molecular complexity index is 907. The summed E-state index contributed by atoms with van der Waals surface area (Å²) in [5.41, 5.74) is 1.33. The number of nitrogens with zero attached hydrogens (tertiary/aromatic N) is 3. The average Bonchev–Trinajstić information content (AvgIpc) is 3.43. The van der Waals surface area contributed by atoms with Gasteiger partial charge in [-0.3, -0.25) is 4.79 Å². The molecule has 0 saturated heterocycles. The first-order valence-electron chi connectivity index (χ1n) is 8.00. The van der Waals surface area contributed by atoms with Crippen molar-refractivity contribution in [3.63, 3.8) is 0 Å². The molecule has 7 nitrogen and oxygen atoms in total. The fraction of sp³-hybridized carbons (Fsp3) is 0.105. The molecule has 130 valence electrons. The van der Waals surface area contributed by atoms with Crippen LogP contribution in [-0.2, 0) is 13.1 Å². The van der Waals surface area contributed by atoms with Gasteiger partial charge in [-0.1, -0.05) is 17.3 Å². The van der Waals surface area contributed by atoms with E-state index in [4.69, 9.17) is 13.4 Å². The Balaban J connectivity index is 1.56. The second-order valence-electron chi connectivity index (χ2n) is 5.65. The molecule has 1 aromatic carbocycles. The summed E-state index contributed by atoms with van der Waals surface area (Å²) >= 11 is 0. The maximum Gasteiger partial charge on any atom is 0.254 e. The van der Waals surface area contributed by atoms with Crippen LogP contribution in [0.4, 0.5) is 0 Å². The standard InChI is InChI=1S/C19H15N3O4/c23-19(15-7-5-14(6-8-15)18-20-13-26-21-18)22(11-16-3-1-9-24-16)12-17-4-2-10-25-17/h1-10,13H,11-12H2. The van der Waals surface area contributed by atoms with E-state index in [0.717, 1.165) is 5.56 Å². The Morgan fingerprint density at radius 2 is 1.58 bits per heavy atom. The van der Waals surface area contributed by atoms with Crippen LogP contribution in [0.25, 0.3) is 11.4 Å². The minimum absolute atomic E-state index is 0.127. The lowest BCUT2D eigenvalue weighted by atomic mass is 10.1. The van der Waals surface area contributed by atoms with E-state index in [0.29, 0.717) is 36.0 Å². The summed E-state index contributed by atoms with van der Waals surface area (Å²) in [5.74, 6) is 1.76. The van der Waals surface area contributed by atoms with Crippen LogP contribution in [-0.4, -0.2) is 20.9 Å². The number of furan rings is 2. The van der Waals surface area contributed by atoms with E-state index < -0.39 is 0 Å². The molecule has 0 aliphatic heterocycles. The fourth-order valence-electron chi connectivity index (χ4n) is 2.62. The van der Waals surface area contributed by atoms with E-state index in [9.17, 15) is 4.79 Å². The fourth-order valence-corrected chi connectivity index (χ4v) is 2.62. The predicted octanol–water partition coefficient (Wildman–Crippen LogP) is 3.77. The first-order chi connectivity index (χ1) is 12.8. The highest BCUT2D eigenvalue weighted by atomic mass is 16.5. The molecule has 0 bridgehead atoms. The number of hydrogen-bond acceptors (Lipinski definition) is 6. The molecular weight excluding hydrogens is 334 g/mol. The number of benzene rings is 1. The Labute approximate surface area is 148 Å². The molecule has 0 spiro atoms. The second kappa shape index (κ2) is 7.10. The summed E-state index contributed by atoms with van der Waals surface area (Å²) in [6.07, 6.45) is 4.44. The third-order valence-electron chi connectivity index (χ3n) is 3.89. The van der Waals surface area contributed by atoms with Crippen molar-refractivity contribution < 1.29 is 18.2 Å². The minimum atomic E-state index is -0.127. The summed E-state index contributed by atoms with van der Waals surface area (Å²) < 4.78 is 15.5. The van der Waals surface area contributed by atoms with E-state index >= 15 is 0 Å². The van der Waals surface area contributed by atoms with Crippen molar-refractivity contribution in [2.24, 2.45) is 0 Å². The normalized spacial score (nSPS) is 10.8. The lowest BCUT2D eigenvalue weighted by Gasteiger charge is -2.20. The van der Waals surface area contributed by atoms with Crippen LogP contribution in [0.15, 0.2) is 80.8 Å². The van der Waals surface area contributed by atoms with E-state index in [1.54, 1.807) is 53.8 Å². The molecule has 3 heterocycles. The smallest absolute Gasteiger partial charge is 0.254 e. The summed E-state index contributed by atoms with van der Waals surface area (Å²) in [7, 11) is 0. The maximum atomic E-state index is 13.0. The minimum Gasteiger partial charge on any atom is -0.467 e. The molecule has 4 rings (SSSR count). The SMILES string of the molecule is O=C(c1ccc(-c2ncon2)cc1)N(Cc1ccco1)Cc1ccco1. The molecule has 0 unspecified atom stereocenters. The molecule has 7 heteroatoms. The topological polar surface area (TPSA) is 85.5 Å². The van der Waals surface area contributed by atoms with Gasteiger partial charge in [-0.2, -0.15) is 4.98 Å². The van der Waals surface area contributed by atoms with Crippen LogP contribution in [0.2, 0.25) is 0 Å². The largest absolute Gasteiger partial charge is 0.467 e. The van der Waals surface area contributed by atoms with Crippen LogP contribution in [0.1, 0.15) is 21.9 Å². The van der Waals surface area contributed by atoms with Crippen molar-refractivity contribution in [3.05, 3.63) is 84.5 Å². The molecular formula is C19H15N3O4. The van der Waals surface area contributed by atoms with Crippen molar-refractivity contribution in [1.29, 1.82) is 0 Å². The highest BCUT2D eigenvalue weighted by molar-refractivity contribution is 5.94. The molecule has 0 atom stereocenters. The maximum absolute atomic E-state index is 13.0. The molecule has 0 fully saturated rings. The molecule has 0 N–H and O–H groups in total. The van der Waals surface area contributed by atoms with Crippen LogP contribution >= 0.6 is 0 Å². The molecule has 26 heavy (non-hydrogen) atoms. The lowest BCUT2D eigenvalue weighted by molar-refractivity contribution is 0.0705. The Morgan fingerprint density at radius 3 is 2.08 bits per heavy atom. The average molecular weight is 349 g/mol. The number of aromatic nitrogens is 2. The van der Waals surface area contributed by atoms with Crippen molar-refractivity contribution in [3.8, 4) is 11.4 Å². The van der Waals surface area contributed by atoms with Crippen LogP contribution < -0.4 is 0 Å². The van der Waals surface area contributed by atoms with Gasteiger partial charge in [0, 0.05) is 11.1 Å². The molecule has 4 aromatic rings. The molecule has 0 aliphatic rings. The Hall–Kier alpha value is -3.61. The number of amides is 1. The number of rotatable bonds is 6. The molecule has 1 amide bonds. The third kappa shape index (κ3) is 3.41. The van der Waals surface area contributed by atoms with Crippen molar-refractivity contribution in [1.82, 2.24) is 15.0 Å². The first-order valence-corrected chi connectivity index (χ1v) is 8.00. The molecule has 0 aliphatic carbocycles. The third-order valence-corrected chi connectivity index (χ3v) is 3.89. The van der Waals surface area contributed by atoms with Crippen LogP contribution in [0.3, 0.4) is 0 Å². The van der Waals surface area contributed by atoms with Gasteiger partial charge in [0.1, 0.15) is 11.5 Å². The van der Waals surface area contributed by atoms with E-state index in [1.165, 1.54) is 6.39 Å². The van der Waals surface area contributed by atoms with E-state index in [-0.39, 0.29) is 5.91 Å². The molecule has 3 aromatic heterocycles. The van der Waals surface area contributed by atoms with Gasteiger partial charge in [0.25, 0.3) is 5.91 Å². The highest BCUT2D eigenvalue weighted by Crippen LogP contribution is 2.18. The van der Waals surface area contributed by atoms with Gasteiger partial charge < -0.3 is 18.3 Å². The summed E-state index contributed by atoms with van der Waals surface area (Å²) in [6, 6.07) is 14.3. The molecule has 0 radical (unpaired) electrons.